The first kappa shape index (κ1) is 11.9. The van der Waals surface area contributed by atoms with Crippen molar-refractivity contribution in [3.05, 3.63) is 18.1 Å². The van der Waals surface area contributed by atoms with Crippen LogP contribution in [0.15, 0.2) is 12.4 Å². The van der Waals surface area contributed by atoms with Gasteiger partial charge in [0.1, 0.15) is 12.1 Å². The van der Waals surface area contributed by atoms with Gasteiger partial charge >= 0.3 is 0 Å². The van der Waals surface area contributed by atoms with Crippen molar-refractivity contribution in [2.24, 2.45) is 11.7 Å². The number of hydrogen-bond acceptors (Lipinski definition) is 5. The standard InChI is InChI=1S/C12H17N7/c1-8-5-10(19-12(17-8)15-7-16-19)18-4-2-3-9(6-18)11(13)14/h5,7,9H,2-4,6H2,1H3,(H3,13,14). The minimum atomic E-state index is 0.126. The zero-order valence-corrected chi connectivity index (χ0v) is 10.9. The Morgan fingerprint density at radius 2 is 2.37 bits per heavy atom. The number of nitrogens with one attached hydrogen (secondary N) is 1. The molecule has 1 atom stereocenters. The van der Waals surface area contributed by atoms with Crippen molar-refractivity contribution in [1.29, 1.82) is 5.41 Å². The summed E-state index contributed by atoms with van der Waals surface area (Å²) >= 11 is 0. The number of nitrogens with zero attached hydrogens (tertiary/aromatic N) is 5. The van der Waals surface area contributed by atoms with Crippen LogP contribution in [0.2, 0.25) is 0 Å². The molecule has 0 saturated carbocycles. The summed E-state index contributed by atoms with van der Waals surface area (Å²) in [4.78, 5) is 10.7. The number of rotatable bonds is 2. The Balaban J connectivity index is 1.99. The van der Waals surface area contributed by atoms with E-state index in [1.165, 1.54) is 6.33 Å². The van der Waals surface area contributed by atoms with Gasteiger partial charge in [0, 0.05) is 30.8 Å². The van der Waals surface area contributed by atoms with Gasteiger partial charge in [0.2, 0.25) is 0 Å². The summed E-state index contributed by atoms with van der Waals surface area (Å²) in [6.07, 6.45) is 3.52. The number of anilines is 1. The second kappa shape index (κ2) is 4.49. The third-order valence-corrected chi connectivity index (χ3v) is 3.55. The summed E-state index contributed by atoms with van der Waals surface area (Å²) in [7, 11) is 0. The predicted octanol–water partition coefficient (Wildman–Crippen LogP) is 0.585. The van der Waals surface area contributed by atoms with Gasteiger partial charge in [0.05, 0.1) is 5.84 Å². The molecule has 100 valence electrons. The van der Waals surface area contributed by atoms with Gasteiger partial charge in [0.15, 0.2) is 0 Å². The van der Waals surface area contributed by atoms with Crippen LogP contribution in [-0.4, -0.2) is 38.5 Å². The van der Waals surface area contributed by atoms with E-state index >= 15 is 0 Å². The summed E-state index contributed by atoms with van der Waals surface area (Å²) in [5, 5.41) is 11.8. The first-order chi connectivity index (χ1) is 9.15. The van der Waals surface area contributed by atoms with Gasteiger partial charge in [0.25, 0.3) is 5.78 Å². The summed E-state index contributed by atoms with van der Waals surface area (Å²) < 4.78 is 1.75. The maximum atomic E-state index is 7.62. The summed E-state index contributed by atoms with van der Waals surface area (Å²) in [6, 6.07) is 2.00. The molecule has 1 saturated heterocycles. The van der Waals surface area contributed by atoms with Crippen LogP contribution in [0.1, 0.15) is 18.5 Å². The molecule has 1 unspecified atom stereocenters. The fourth-order valence-corrected chi connectivity index (χ4v) is 2.58. The first-order valence-corrected chi connectivity index (χ1v) is 6.41. The number of aromatic nitrogens is 4. The highest BCUT2D eigenvalue weighted by Crippen LogP contribution is 2.23. The van der Waals surface area contributed by atoms with E-state index in [4.69, 9.17) is 11.1 Å². The van der Waals surface area contributed by atoms with Crippen LogP contribution < -0.4 is 10.6 Å². The Morgan fingerprint density at radius 3 is 3.16 bits per heavy atom. The van der Waals surface area contributed by atoms with Gasteiger partial charge in [-0.2, -0.15) is 14.6 Å². The molecule has 3 heterocycles. The van der Waals surface area contributed by atoms with E-state index in [1.807, 2.05) is 13.0 Å². The monoisotopic (exact) mass is 259 g/mol. The lowest BCUT2D eigenvalue weighted by atomic mass is 9.97. The third kappa shape index (κ3) is 2.11. The molecular weight excluding hydrogens is 242 g/mol. The quantitative estimate of drug-likeness (QED) is 0.607. The number of fused-ring (bicyclic) bond motifs is 1. The maximum absolute atomic E-state index is 7.62. The fraction of sp³-hybridized carbons (Fsp3) is 0.500. The van der Waals surface area contributed by atoms with Crippen LogP contribution in [0.25, 0.3) is 5.78 Å². The lowest BCUT2D eigenvalue weighted by molar-refractivity contribution is 0.497. The Hall–Kier alpha value is -2.18. The Morgan fingerprint density at radius 1 is 1.53 bits per heavy atom. The van der Waals surface area contributed by atoms with Gasteiger partial charge in [-0.05, 0) is 19.8 Å². The van der Waals surface area contributed by atoms with Gasteiger partial charge in [-0.1, -0.05) is 0 Å². The van der Waals surface area contributed by atoms with E-state index in [9.17, 15) is 0 Å². The lowest BCUT2D eigenvalue weighted by Gasteiger charge is -2.33. The Labute approximate surface area is 111 Å². The molecule has 7 heteroatoms. The number of hydrogen-bond donors (Lipinski definition) is 2. The molecule has 0 aliphatic carbocycles. The van der Waals surface area contributed by atoms with E-state index in [0.29, 0.717) is 5.78 Å². The molecule has 7 nitrogen and oxygen atoms in total. The van der Waals surface area contributed by atoms with Crippen molar-refractivity contribution in [3.8, 4) is 0 Å². The average molecular weight is 259 g/mol. The number of piperidine rings is 1. The molecule has 1 aliphatic rings. The van der Waals surface area contributed by atoms with Crippen LogP contribution in [0.3, 0.4) is 0 Å². The molecule has 0 aromatic carbocycles. The minimum absolute atomic E-state index is 0.126. The van der Waals surface area contributed by atoms with Crippen molar-refractivity contribution in [2.75, 3.05) is 18.0 Å². The van der Waals surface area contributed by atoms with E-state index < -0.39 is 0 Å². The molecule has 19 heavy (non-hydrogen) atoms. The van der Waals surface area contributed by atoms with Gasteiger partial charge in [-0.15, -0.1) is 0 Å². The molecule has 3 rings (SSSR count). The molecule has 0 radical (unpaired) electrons. The second-order valence-electron chi connectivity index (χ2n) is 4.97. The van der Waals surface area contributed by atoms with Crippen molar-refractivity contribution in [3.63, 3.8) is 0 Å². The smallest absolute Gasteiger partial charge is 0.254 e. The van der Waals surface area contributed by atoms with Crippen molar-refractivity contribution in [1.82, 2.24) is 19.6 Å². The number of aryl methyl sites for hydroxylation is 1. The highest BCUT2D eigenvalue weighted by Gasteiger charge is 2.24. The molecule has 1 fully saturated rings. The Kier molecular flexibility index (Phi) is 2.81. The third-order valence-electron chi connectivity index (χ3n) is 3.55. The molecule has 2 aromatic rings. The minimum Gasteiger partial charge on any atom is -0.387 e. The second-order valence-corrected chi connectivity index (χ2v) is 4.97. The first-order valence-electron chi connectivity index (χ1n) is 6.41. The molecule has 3 N–H and O–H groups in total. The van der Waals surface area contributed by atoms with Crippen LogP contribution >= 0.6 is 0 Å². The molecule has 0 spiro atoms. The summed E-state index contributed by atoms with van der Waals surface area (Å²) in [5.41, 5.74) is 6.56. The highest BCUT2D eigenvalue weighted by molar-refractivity contribution is 5.80. The number of nitrogens with two attached hydrogens (primary N) is 1. The maximum Gasteiger partial charge on any atom is 0.254 e. The van der Waals surface area contributed by atoms with E-state index in [0.717, 1.165) is 37.4 Å². The van der Waals surface area contributed by atoms with E-state index in [2.05, 4.69) is 20.0 Å². The normalized spacial score (nSPS) is 19.8. The van der Waals surface area contributed by atoms with E-state index in [1.54, 1.807) is 4.52 Å². The van der Waals surface area contributed by atoms with Gasteiger partial charge < -0.3 is 10.6 Å². The van der Waals surface area contributed by atoms with Crippen LogP contribution in [0.4, 0.5) is 5.82 Å². The van der Waals surface area contributed by atoms with Crippen molar-refractivity contribution < 1.29 is 0 Å². The zero-order chi connectivity index (χ0) is 13.4. The predicted molar refractivity (Wildman–Crippen MR) is 72.4 cm³/mol. The average Bonchev–Trinajstić information content (AvgIpc) is 2.85. The van der Waals surface area contributed by atoms with Crippen molar-refractivity contribution >= 4 is 17.4 Å². The zero-order valence-electron chi connectivity index (χ0n) is 10.9. The Bertz CT molecular complexity index is 618. The summed E-state index contributed by atoms with van der Waals surface area (Å²) in [5.74, 6) is 1.98. The highest BCUT2D eigenvalue weighted by atomic mass is 15.4. The SMILES string of the molecule is Cc1cc(N2CCCC(C(=N)N)C2)n2ncnc2n1. The lowest BCUT2D eigenvalue weighted by Crippen LogP contribution is -2.41. The molecule has 1 aliphatic heterocycles. The fourth-order valence-electron chi connectivity index (χ4n) is 2.58. The van der Waals surface area contributed by atoms with Crippen LogP contribution in [0.5, 0.6) is 0 Å². The topological polar surface area (TPSA) is 96.2 Å². The van der Waals surface area contributed by atoms with Crippen molar-refractivity contribution in [2.45, 2.75) is 19.8 Å². The summed E-state index contributed by atoms with van der Waals surface area (Å²) in [6.45, 7) is 3.65. The van der Waals surface area contributed by atoms with Gasteiger partial charge in [-0.25, -0.2) is 4.98 Å². The molecule has 0 amide bonds. The van der Waals surface area contributed by atoms with Crippen LogP contribution in [0, 0.1) is 18.3 Å². The molecule has 0 bridgehead atoms. The molecule has 2 aromatic heterocycles. The largest absolute Gasteiger partial charge is 0.387 e. The van der Waals surface area contributed by atoms with Crippen LogP contribution in [-0.2, 0) is 0 Å². The van der Waals surface area contributed by atoms with E-state index in [-0.39, 0.29) is 11.8 Å². The number of amidine groups is 1. The van der Waals surface area contributed by atoms with Gasteiger partial charge in [-0.3, -0.25) is 5.41 Å². The molecular formula is C12H17N7.